The summed E-state index contributed by atoms with van der Waals surface area (Å²) in [6.07, 6.45) is 3.32. The number of rotatable bonds is 1. The molecular weight excluding hydrogens is 170 g/mol. The lowest BCUT2D eigenvalue weighted by molar-refractivity contribution is 0.0649. The van der Waals surface area contributed by atoms with Gasteiger partial charge in [0, 0.05) is 11.5 Å². The van der Waals surface area contributed by atoms with Crippen molar-refractivity contribution in [2.24, 2.45) is 0 Å². The predicted octanol–water partition coefficient (Wildman–Crippen LogP) is 1.74. The number of carboxylic acids is 1. The highest BCUT2D eigenvalue weighted by Crippen LogP contribution is 2.53. The number of carbonyl (C=O) groups is 1. The Kier molecular flexibility index (Phi) is 1.17. The molecule has 0 saturated heterocycles. The van der Waals surface area contributed by atoms with Crippen LogP contribution in [0.1, 0.15) is 52.9 Å². The van der Waals surface area contributed by atoms with Crippen molar-refractivity contribution in [3.8, 4) is 0 Å². The first kappa shape index (κ1) is 7.12. The molecule has 0 aromatic carbocycles. The molecule has 2 atom stereocenters. The fourth-order valence-corrected chi connectivity index (χ4v) is 2.64. The fraction of sp³-hybridized carbons (Fsp3) is 0.556. The van der Waals surface area contributed by atoms with Crippen LogP contribution in [-0.2, 0) is 0 Å². The second kappa shape index (κ2) is 2.13. The van der Waals surface area contributed by atoms with Crippen molar-refractivity contribution >= 4 is 5.97 Å². The summed E-state index contributed by atoms with van der Waals surface area (Å²) in [7, 11) is 0. The minimum Gasteiger partial charge on any atom is -0.475 e. The number of aromatic nitrogens is 1. The third-order valence-corrected chi connectivity index (χ3v) is 3.18. The van der Waals surface area contributed by atoms with Gasteiger partial charge in [-0.15, -0.1) is 0 Å². The van der Waals surface area contributed by atoms with E-state index in [9.17, 15) is 4.79 Å². The van der Waals surface area contributed by atoms with Crippen LogP contribution in [0.15, 0.2) is 4.52 Å². The summed E-state index contributed by atoms with van der Waals surface area (Å²) in [5.41, 5.74) is 1.79. The normalized spacial score (nSPS) is 29.2. The van der Waals surface area contributed by atoms with Crippen LogP contribution >= 0.6 is 0 Å². The average molecular weight is 179 g/mol. The predicted molar refractivity (Wildman–Crippen MR) is 42.8 cm³/mol. The van der Waals surface area contributed by atoms with Gasteiger partial charge in [0.25, 0.3) is 0 Å². The van der Waals surface area contributed by atoms with Gasteiger partial charge in [-0.1, -0.05) is 5.16 Å². The second-order valence-corrected chi connectivity index (χ2v) is 3.82. The van der Waals surface area contributed by atoms with E-state index in [4.69, 9.17) is 9.63 Å². The Bertz CT molecular complexity index is 382. The van der Waals surface area contributed by atoms with Crippen LogP contribution < -0.4 is 0 Å². The van der Waals surface area contributed by atoms with Crippen molar-refractivity contribution in [3.05, 3.63) is 17.0 Å². The largest absolute Gasteiger partial charge is 0.475 e. The van der Waals surface area contributed by atoms with E-state index in [0.29, 0.717) is 11.8 Å². The maximum Gasteiger partial charge on any atom is 0.375 e. The van der Waals surface area contributed by atoms with E-state index in [2.05, 4.69) is 5.16 Å². The molecule has 1 aromatic rings. The molecule has 2 aliphatic rings. The Labute approximate surface area is 74.5 Å². The molecule has 0 radical (unpaired) electrons. The summed E-state index contributed by atoms with van der Waals surface area (Å²) in [5, 5.41) is 12.7. The molecule has 2 aliphatic carbocycles. The van der Waals surface area contributed by atoms with E-state index in [-0.39, 0.29) is 5.76 Å². The third-order valence-electron chi connectivity index (χ3n) is 3.18. The van der Waals surface area contributed by atoms with Crippen LogP contribution in [0.4, 0.5) is 0 Å². The summed E-state index contributed by atoms with van der Waals surface area (Å²) >= 11 is 0. The zero-order chi connectivity index (χ0) is 9.00. The lowest BCUT2D eigenvalue weighted by Gasteiger charge is -2.06. The standard InChI is InChI=1S/C9H9NO3/c11-9(12)8-6-4-1-2-5(3-4)7(6)10-13-8/h4-5H,1-3H2,(H,11,12). The highest BCUT2D eigenvalue weighted by Gasteiger charge is 2.43. The number of fused-ring (bicyclic) bond motifs is 5. The summed E-state index contributed by atoms with van der Waals surface area (Å²) in [5.74, 6) is -0.0438. The second-order valence-electron chi connectivity index (χ2n) is 3.82. The van der Waals surface area contributed by atoms with E-state index in [1.54, 1.807) is 0 Å². The van der Waals surface area contributed by atoms with Crippen molar-refractivity contribution in [1.29, 1.82) is 0 Å². The fourth-order valence-electron chi connectivity index (χ4n) is 2.64. The average Bonchev–Trinajstić information content (AvgIpc) is 2.76. The van der Waals surface area contributed by atoms with Gasteiger partial charge in [-0.3, -0.25) is 0 Å². The molecule has 1 aromatic heterocycles. The molecule has 1 fully saturated rings. The Balaban J connectivity index is 2.18. The molecule has 13 heavy (non-hydrogen) atoms. The first-order chi connectivity index (χ1) is 6.27. The van der Waals surface area contributed by atoms with Gasteiger partial charge in [-0.25, -0.2) is 4.79 Å². The zero-order valence-corrected chi connectivity index (χ0v) is 6.99. The Morgan fingerprint density at radius 3 is 3.00 bits per heavy atom. The van der Waals surface area contributed by atoms with Crippen LogP contribution in [0.25, 0.3) is 0 Å². The van der Waals surface area contributed by atoms with Gasteiger partial charge in [0.15, 0.2) is 0 Å². The minimum absolute atomic E-state index is 0.0715. The van der Waals surface area contributed by atoms with E-state index in [0.717, 1.165) is 30.5 Å². The van der Waals surface area contributed by atoms with Crippen LogP contribution in [0, 0.1) is 0 Å². The molecule has 2 bridgehead atoms. The van der Waals surface area contributed by atoms with Gasteiger partial charge in [0.2, 0.25) is 5.76 Å². The van der Waals surface area contributed by atoms with Crippen LogP contribution in [-0.4, -0.2) is 16.2 Å². The van der Waals surface area contributed by atoms with Crippen LogP contribution in [0.3, 0.4) is 0 Å². The van der Waals surface area contributed by atoms with E-state index in [1.807, 2.05) is 0 Å². The van der Waals surface area contributed by atoms with Crippen molar-refractivity contribution in [2.75, 3.05) is 0 Å². The molecule has 0 spiro atoms. The highest BCUT2D eigenvalue weighted by atomic mass is 16.5. The van der Waals surface area contributed by atoms with Crippen LogP contribution in [0.5, 0.6) is 0 Å². The molecule has 0 aliphatic heterocycles. The number of hydrogen-bond donors (Lipinski definition) is 1. The molecule has 3 rings (SSSR count). The number of nitrogens with zero attached hydrogens (tertiary/aromatic N) is 1. The maximum absolute atomic E-state index is 10.8. The lowest BCUT2D eigenvalue weighted by Crippen LogP contribution is -2.02. The van der Waals surface area contributed by atoms with Gasteiger partial charge < -0.3 is 9.63 Å². The van der Waals surface area contributed by atoms with Gasteiger partial charge in [-0.2, -0.15) is 0 Å². The SMILES string of the molecule is O=C(O)c1onc2c1C1CCC2C1. The third kappa shape index (κ3) is 0.753. The van der Waals surface area contributed by atoms with Gasteiger partial charge in [0.1, 0.15) is 0 Å². The molecule has 1 N–H and O–H groups in total. The number of carboxylic acid groups (broad SMARTS) is 1. The van der Waals surface area contributed by atoms with Crippen molar-refractivity contribution in [2.45, 2.75) is 31.1 Å². The number of aromatic carboxylic acids is 1. The summed E-state index contributed by atoms with van der Waals surface area (Å²) in [6.45, 7) is 0. The first-order valence-corrected chi connectivity index (χ1v) is 4.50. The molecular formula is C9H9NO3. The monoisotopic (exact) mass is 179 g/mol. The topological polar surface area (TPSA) is 63.3 Å². The molecule has 68 valence electrons. The zero-order valence-electron chi connectivity index (χ0n) is 6.99. The van der Waals surface area contributed by atoms with E-state index < -0.39 is 5.97 Å². The summed E-state index contributed by atoms with van der Waals surface area (Å²) in [6, 6.07) is 0. The molecule has 0 amide bonds. The van der Waals surface area contributed by atoms with Crippen molar-refractivity contribution in [3.63, 3.8) is 0 Å². The Morgan fingerprint density at radius 2 is 2.23 bits per heavy atom. The molecule has 1 saturated carbocycles. The number of hydrogen-bond acceptors (Lipinski definition) is 3. The molecule has 4 nitrogen and oxygen atoms in total. The molecule has 1 heterocycles. The maximum atomic E-state index is 10.8. The quantitative estimate of drug-likeness (QED) is 0.713. The van der Waals surface area contributed by atoms with Crippen molar-refractivity contribution < 1.29 is 14.4 Å². The first-order valence-electron chi connectivity index (χ1n) is 4.50. The van der Waals surface area contributed by atoms with E-state index in [1.165, 1.54) is 0 Å². The van der Waals surface area contributed by atoms with Gasteiger partial charge >= 0.3 is 5.97 Å². The van der Waals surface area contributed by atoms with Crippen LogP contribution in [0.2, 0.25) is 0 Å². The van der Waals surface area contributed by atoms with E-state index >= 15 is 0 Å². The smallest absolute Gasteiger partial charge is 0.375 e. The van der Waals surface area contributed by atoms with Crippen molar-refractivity contribution in [1.82, 2.24) is 5.16 Å². The summed E-state index contributed by atoms with van der Waals surface area (Å²) in [4.78, 5) is 10.8. The minimum atomic E-state index is -0.985. The van der Waals surface area contributed by atoms with Gasteiger partial charge in [0.05, 0.1) is 5.69 Å². The highest BCUT2D eigenvalue weighted by molar-refractivity contribution is 5.87. The summed E-state index contributed by atoms with van der Waals surface area (Å²) < 4.78 is 4.83. The molecule has 2 unspecified atom stereocenters. The lowest BCUT2D eigenvalue weighted by atomic mass is 9.96. The van der Waals surface area contributed by atoms with Gasteiger partial charge in [-0.05, 0) is 25.2 Å². The molecule has 4 heteroatoms. The Morgan fingerprint density at radius 1 is 1.46 bits per heavy atom. The Hall–Kier alpha value is -1.32.